The number of nitrogens with zero attached hydrogens (tertiary/aromatic N) is 2. The first-order valence-corrected chi connectivity index (χ1v) is 6.94. The summed E-state index contributed by atoms with van der Waals surface area (Å²) in [7, 11) is 0. The first kappa shape index (κ1) is 15.0. The minimum Gasteiger partial charge on any atom is -0.478 e. The van der Waals surface area contributed by atoms with Crippen molar-refractivity contribution >= 4 is 22.9 Å². The lowest BCUT2D eigenvalue weighted by molar-refractivity contribution is -0.121. The predicted molar refractivity (Wildman–Crippen MR) is 79.5 cm³/mol. The third-order valence-corrected chi connectivity index (χ3v) is 3.22. The lowest BCUT2D eigenvalue weighted by atomic mass is 10.2. The van der Waals surface area contributed by atoms with Gasteiger partial charge in [-0.2, -0.15) is 0 Å². The molecule has 1 heterocycles. The minimum absolute atomic E-state index is 0.0716. The number of carbonyl (C=O) groups excluding carboxylic acids is 1. The number of likely N-dealkylation sites (N-methyl/N-ethyl adjacent to an activating group) is 1. The normalized spacial score (nSPS) is 11.0. The monoisotopic (exact) mass is 289 g/mol. The number of hydrogen-bond acceptors (Lipinski definition) is 3. The molecule has 2 N–H and O–H groups in total. The van der Waals surface area contributed by atoms with Gasteiger partial charge >= 0.3 is 5.97 Å². The standard InChI is InChI=1S/C15H19N3O3/c1-4-16-12(19)8-18-13-10(15(20)21)6-5-7-11(13)17-14(18)9(2)3/h5-7,9H,4,8H2,1-3H3,(H,16,19)(H,20,21). The van der Waals surface area contributed by atoms with Gasteiger partial charge in [0.1, 0.15) is 12.4 Å². The van der Waals surface area contributed by atoms with Crippen LogP contribution in [0.5, 0.6) is 0 Å². The molecule has 0 atom stereocenters. The van der Waals surface area contributed by atoms with E-state index in [1.807, 2.05) is 20.8 Å². The van der Waals surface area contributed by atoms with Gasteiger partial charge in [0.25, 0.3) is 0 Å². The van der Waals surface area contributed by atoms with Crippen molar-refractivity contribution in [2.75, 3.05) is 6.54 Å². The molecule has 1 aromatic carbocycles. The Kier molecular flexibility index (Phi) is 4.26. The number of hydrogen-bond donors (Lipinski definition) is 2. The second kappa shape index (κ2) is 5.95. The Labute approximate surface area is 122 Å². The zero-order valence-corrected chi connectivity index (χ0v) is 12.4. The van der Waals surface area contributed by atoms with Crippen molar-refractivity contribution in [3.63, 3.8) is 0 Å². The van der Waals surface area contributed by atoms with Gasteiger partial charge in [-0.25, -0.2) is 9.78 Å². The largest absolute Gasteiger partial charge is 0.478 e. The van der Waals surface area contributed by atoms with Crippen molar-refractivity contribution < 1.29 is 14.7 Å². The quantitative estimate of drug-likeness (QED) is 0.881. The van der Waals surface area contributed by atoms with Crippen LogP contribution in [0.1, 0.15) is 42.9 Å². The van der Waals surface area contributed by atoms with E-state index in [1.54, 1.807) is 16.7 Å². The summed E-state index contributed by atoms with van der Waals surface area (Å²) in [5.41, 5.74) is 1.26. The summed E-state index contributed by atoms with van der Waals surface area (Å²) in [6, 6.07) is 4.96. The maximum absolute atomic E-state index is 11.9. The Morgan fingerprint density at radius 1 is 1.38 bits per heavy atom. The molecule has 112 valence electrons. The smallest absolute Gasteiger partial charge is 0.337 e. The van der Waals surface area contributed by atoms with Crippen LogP contribution in [0.4, 0.5) is 0 Å². The number of fused-ring (bicyclic) bond motifs is 1. The average Bonchev–Trinajstić information content (AvgIpc) is 2.78. The van der Waals surface area contributed by atoms with Gasteiger partial charge < -0.3 is 15.0 Å². The fourth-order valence-corrected chi connectivity index (χ4v) is 2.37. The summed E-state index contributed by atoms with van der Waals surface area (Å²) in [5, 5.41) is 12.1. The van der Waals surface area contributed by atoms with Crippen molar-refractivity contribution in [2.24, 2.45) is 0 Å². The summed E-state index contributed by atoms with van der Waals surface area (Å²) < 4.78 is 1.70. The van der Waals surface area contributed by atoms with Gasteiger partial charge in [0.05, 0.1) is 16.6 Å². The topological polar surface area (TPSA) is 84.2 Å². The van der Waals surface area contributed by atoms with Crippen LogP contribution in [0.15, 0.2) is 18.2 Å². The Hall–Kier alpha value is -2.37. The lowest BCUT2D eigenvalue weighted by Gasteiger charge is -2.12. The highest BCUT2D eigenvalue weighted by Crippen LogP contribution is 2.24. The SMILES string of the molecule is CCNC(=O)Cn1c(C(C)C)nc2cccc(C(=O)O)c21. The Morgan fingerprint density at radius 2 is 2.10 bits per heavy atom. The van der Waals surface area contributed by atoms with Crippen molar-refractivity contribution in [1.82, 2.24) is 14.9 Å². The van der Waals surface area contributed by atoms with Crippen molar-refractivity contribution in [3.8, 4) is 0 Å². The fraction of sp³-hybridized carbons (Fsp3) is 0.400. The van der Waals surface area contributed by atoms with E-state index in [9.17, 15) is 14.7 Å². The number of carbonyl (C=O) groups is 2. The van der Waals surface area contributed by atoms with Crippen LogP contribution in [0.2, 0.25) is 0 Å². The average molecular weight is 289 g/mol. The number of aromatic nitrogens is 2. The van der Waals surface area contributed by atoms with Crippen LogP contribution in [0, 0.1) is 0 Å². The number of para-hydroxylation sites is 1. The van der Waals surface area contributed by atoms with E-state index in [2.05, 4.69) is 10.3 Å². The zero-order chi connectivity index (χ0) is 15.6. The van der Waals surface area contributed by atoms with Gasteiger partial charge in [-0.3, -0.25) is 4.79 Å². The van der Waals surface area contributed by atoms with Crippen LogP contribution in [0.25, 0.3) is 11.0 Å². The fourth-order valence-electron chi connectivity index (χ4n) is 2.37. The molecule has 2 rings (SSSR count). The first-order valence-electron chi connectivity index (χ1n) is 6.94. The minimum atomic E-state index is -1.02. The third-order valence-electron chi connectivity index (χ3n) is 3.22. The summed E-state index contributed by atoms with van der Waals surface area (Å²) in [4.78, 5) is 27.8. The van der Waals surface area contributed by atoms with Gasteiger partial charge in [0, 0.05) is 12.5 Å². The van der Waals surface area contributed by atoms with Crippen LogP contribution < -0.4 is 5.32 Å². The predicted octanol–water partition coefficient (Wildman–Crippen LogP) is 1.99. The highest BCUT2D eigenvalue weighted by Gasteiger charge is 2.20. The Morgan fingerprint density at radius 3 is 2.67 bits per heavy atom. The molecule has 0 fully saturated rings. The van der Waals surface area contributed by atoms with E-state index in [0.717, 1.165) is 0 Å². The van der Waals surface area contributed by atoms with Gasteiger partial charge in [-0.05, 0) is 19.1 Å². The molecule has 0 saturated heterocycles. The molecule has 1 amide bonds. The van der Waals surface area contributed by atoms with Crippen molar-refractivity contribution in [2.45, 2.75) is 33.2 Å². The van der Waals surface area contributed by atoms with E-state index in [0.29, 0.717) is 23.4 Å². The molecular formula is C15H19N3O3. The van der Waals surface area contributed by atoms with Gasteiger partial charge in [-0.1, -0.05) is 19.9 Å². The van der Waals surface area contributed by atoms with E-state index >= 15 is 0 Å². The second-order valence-electron chi connectivity index (χ2n) is 5.14. The van der Waals surface area contributed by atoms with Crippen LogP contribution in [0.3, 0.4) is 0 Å². The van der Waals surface area contributed by atoms with Crippen LogP contribution >= 0.6 is 0 Å². The third kappa shape index (κ3) is 2.89. The first-order chi connectivity index (χ1) is 9.95. The Bertz CT molecular complexity index is 689. The molecule has 0 spiro atoms. The number of carboxylic acids is 1. The molecule has 0 aliphatic rings. The lowest BCUT2D eigenvalue weighted by Crippen LogP contribution is -2.28. The van der Waals surface area contributed by atoms with E-state index in [1.165, 1.54) is 6.07 Å². The molecule has 0 aliphatic heterocycles. The zero-order valence-electron chi connectivity index (χ0n) is 12.4. The summed E-state index contributed by atoms with van der Waals surface area (Å²) in [5.74, 6) is -0.370. The number of amides is 1. The molecule has 1 aromatic heterocycles. The van der Waals surface area contributed by atoms with Gasteiger partial charge in [-0.15, -0.1) is 0 Å². The molecular weight excluding hydrogens is 270 g/mol. The molecule has 0 radical (unpaired) electrons. The number of nitrogens with one attached hydrogen (secondary N) is 1. The number of aromatic carboxylic acids is 1. The van der Waals surface area contributed by atoms with E-state index in [4.69, 9.17) is 0 Å². The van der Waals surface area contributed by atoms with E-state index in [-0.39, 0.29) is 23.9 Å². The molecule has 0 unspecified atom stereocenters. The number of benzene rings is 1. The molecule has 0 saturated carbocycles. The van der Waals surface area contributed by atoms with E-state index < -0.39 is 5.97 Å². The van der Waals surface area contributed by atoms with Gasteiger partial charge in [0.2, 0.25) is 5.91 Å². The molecule has 6 heteroatoms. The summed E-state index contributed by atoms with van der Waals surface area (Å²) >= 11 is 0. The number of rotatable bonds is 5. The molecule has 6 nitrogen and oxygen atoms in total. The highest BCUT2D eigenvalue weighted by molar-refractivity contribution is 6.01. The number of carboxylic acid groups (broad SMARTS) is 1. The number of imidazole rings is 1. The van der Waals surface area contributed by atoms with Crippen LogP contribution in [-0.2, 0) is 11.3 Å². The summed E-state index contributed by atoms with van der Waals surface area (Å²) in [6.45, 7) is 6.39. The van der Waals surface area contributed by atoms with Crippen molar-refractivity contribution in [3.05, 3.63) is 29.6 Å². The van der Waals surface area contributed by atoms with Crippen LogP contribution in [-0.4, -0.2) is 33.1 Å². The maximum Gasteiger partial charge on any atom is 0.337 e. The maximum atomic E-state index is 11.9. The second-order valence-corrected chi connectivity index (χ2v) is 5.14. The Balaban J connectivity index is 2.65. The van der Waals surface area contributed by atoms with Gasteiger partial charge in [0.15, 0.2) is 0 Å². The summed E-state index contributed by atoms with van der Waals surface area (Å²) in [6.07, 6.45) is 0. The molecule has 0 aliphatic carbocycles. The van der Waals surface area contributed by atoms with Crippen molar-refractivity contribution in [1.29, 1.82) is 0 Å². The molecule has 0 bridgehead atoms. The molecule has 2 aromatic rings. The highest BCUT2D eigenvalue weighted by atomic mass is 16.4. The molecule has 21 heavy (non-hydrogen) atoms.